The molecule has 1 aliphatic heterocycles. The van der Waals surface area contributed by atoms with Gasteiger partial charge in [-0.3, -0.25) is 4.79 Å². The van der Waals surface area contributed by atoms with Crippen LogP contribution in [0.15, 0.2) is 18.2 Å². The number of rotatable bonds is 3. The van der Waals surface area contributed by atoms with Crippen molar-refractivity contribution in [3.05, 3.63) is 28.1 Å². The zero-order chi connectivity index (χ0) is 15.0. The first kappa shape index (κ1) is 14.6. The van der Waals surface area contributed by atoms with Gasteiger partial charge in [-0.2, -0.15) is 0 Å². The van der Waals surface area contributed by atoms with Crippen LogP contribution in [0.5, 0.6) is 0 Å². The predicted octanol–water partition coefficient (Wildman–Crippen LogP) is 3.43. The van der Waals surface area contributed by atoms with Gasteiger partial charge >= 0.3 is 0 Å². The standard InChI is InChI=1S/C15H17ClN2O2S/c1-8(10-5-3-7-20-10)18-15(19)14-13(17)12-9(16)4-2-6-11(12)21-14/h2,4,6,8,10H,3,5,7,17H2,1H3,(H,18,19). The highest BCUT2D eigenvalue weighted by Crippen LogP contribution is 2.38. The van der Waals surface area contributed by atoms with E-state index in [2.05, 4.69) is 5.32 Å². The zero-order valence-electron chi connectivity index (χ0n) is 11.7. The van der Waals surface area contributed by atoms with Gasteiger partial charge in [0.15, 0.2) is 0 Å². The van der Waals surface area contributed by atoms with Crippen molar-refractivity contribution in [2.24, 2.45) is 0 Å². The first-order valence-electron chi connectivity index (χ1n) is 6.97. The summed E-state index contributed by atoms with van der Waals surface area (Å²) >= 11 is 7.53. The van der Waals surface area contributed by atoms with Crippen LogP contribution in [0.4, 0.5) is 5.69 Å². The van der Waals surface area contributed by atoms with E-state index in [1.165, 1.54) is 11.3 Å². The molecule has 0 bridgehead atoms. The second kappa shape index (κ2) is 5.83. The summed E-state index contributed by atoms with van der Waals surface area (Å²) in [7, 11) is 0. The summed E-state index contributed by atoms with van der Waals surface area (Å²) in [6, 6.07) is 5.53. The molecule has 2 unspecified atom stereocenters. The SMILES string of the molecule is CC(NC(=O)c1sc2cccc(Cl)c2c1N)C1CCCO1. The van der Waals surface area contributed by atoms with Crippen LogP contribution in [0, 0.1) is 0 Å². The van der Waals surface area contributed by atoms with Gasteiger partial charge in [0.05, 0.1) is 22.9 Å². The van der Waals surface area contributed by atoms with Crippen molar-refractivity contribution in [1.29, 1.82) is 0 Å². The summed E-state index contributed by atoms with van der Waals surface area (Å²) in [5.41, 5.74) is 6.56. The maximum absolute atomic E-state index is 12.4. The van der Waals surface area contributed by atoms with E-state index in [0.29, 0.717) is 15.6 Å². The van der Waals surface area contributed by atoms with E-state index in [1.54, 1.807) is 6.07 Å². The van der Waals surface area contributed by atoms with Gasteiger partial charge < -0.3 is 15.8 Å². The monoisotopic (exact) mass is 324 g/mol. The van der Waals surface area contributed by atoms with E-state index in [1.807, 2.05) is 19.1 Å². The third kappa shape index (κ3) is 2.73. The molecule has 6 heteroatoms. The Hall–Kier alpha value is -1.30. The number of nitrogen functional groups attached to an aromatic ring is 1. The van der Waals surface area contributed by atoms with Crippen LogP contribution >= 0.6 is 22.9 Å². The van der Waals surface area contributed by atoms with Crippen LogP contribution in [0.3, 0.4) is 0 Å². The van der Waals surface area contributed by atoms with Gasteiger partial charge in [-0.05, 0) is 31.9 Å². The highest BCUT2D eigenvalue weighted by molar-refractivity contribution is 7.21. The summed E-state index contributed by atoms with van der Waals surface area (Å²) < 4.78 is 6.52. The van der Waals surface area contributed by atoms with Crippen molar-refractivity contribution in [2.75, 3.05) is 12.3 Å². The molecule has 1 aromatic carbocycles. The molecule has 2 atom stereocenters. The minimum Gasteiger partial charge on any atom is -0.397 e. The maximum atomic E-state index is 12.4. The lowest BCUT2D eigenvalue weighted by Gasteiger charge is -2.19. The number of carbonyl (C=O) groups is 1. The summed E-state index contributed by atoms with van der Waals surface area (Å²) in [6.07, 6.45) is 2.12. The molecule has 0 spiro atoms. The predicted molar refractivity (Wildman–Crippen MR) is 87.1 cm³/mol. The highest BCUT2D eigenvalue weighted by Gasteiger charge is 2.26. The Morgan fingerprint density at radius 2 is 2.38 bits per heavy atom. The Morgan fingerprint density at radius 1 is 1.57 bits per heavy atom. The van der Waals surface area contributed by atoms with E-state index in [9.17, 15) is 4.79 Å². The molecule has 3 N–H and O–H groups in total. The molecule has 1 aromatic heterocycles. The Kier molecular flexibility index (Phi) is 4.06. The molecule has 0 radical (unpaired) electrons. The number of nitrogens with one attached hydrogen (secondary N) is 1. The minimum atomic E-state index is -0.159. The Bertz CT molecular complexity index is 680. The van der Waals surface area contributed by atoms with Gasteiger partial charge in [0.25, 0.3) is 5.91 Å². The third-order valence-corrected chi connectivity index (χ3v) is 5.27. The van der Waals surface area contributed by atoms with Crippen molar-refractivity contribution in [1.82, 2.24) is 5.32 Å². The second-order valence-corrected chi connectivity index (χ2v) is 6.73. The second-order valence-electron chi connectivity index (χ2n) is 5.27. The highest BCUT2D eigenvalue weighted by atomic mass is 35.5. The first-order valence-corrected chi connectivity index (χ1v) is 8.16. The van der Waals surface area contributed by atoms with Gasteiger partial charge in [0.1, 0.15) is 4.88 Å². The quantitative estimate of drug-likeness (QED) is 0.909. The molecule has 4 nitrogen and oxygen atoms in total. The van der Waals surface area contributed by atoms with Crippen LogP contribution < -0.4 is 11.1 Å². The summed E-state index contributed by atoms with van der Waals surface area (Å²) in [5, 5.41) is 4.32. The van der Waals surface area contributed by atoms with Gasteiger partial charge in [0, 0.05) is 16.7 Å². The molecule has 1 amide bonds. The molecule has 1 aliphatic rings. The molecule has 0 aliphatic carbocycles. The minimum absolute atomic E-state index is 0.0277. The van der Waals surface area contributed by atoms with E-state index >= 15 is 0 Å². The van der Waals surface area contributed by atoms with Crippen molar-refractivity contribution in [3.8, 4) is 0 Å². The lowest BCUT2D eigenvalue weighted by molar-refractivity contribution is 0.0715. The number of anilines is 1. The molecule has 21 heavy (non-hydrogen) atoms. The zero-order valence-corrected chi connectivity index (χ0v) is 13.3. The average molecular weight is 325 g/mol. The normalized spacial score (nSPS) is 19.8. The number of hydrogen-bond donors (Lipinski definition) is 2. The fourth-order valence-corrected chi connectivity index (χ4v) is 4.04. The number of fused-ring (bicyclic) bond motifs is 1. The number of carbonyl (C=O) groups excluding carboxylic acids is 1. The lowest BCUT2D eigenvalue weighted by Crippen LogP contribution is -2.40. The van der Waals surface area contributed by atoms with E-state index in [4.69, 9.17) is 22.1 Å². The van der Waals surface area contributed by atoms with Crippen LogP contribution in [-0.4, -0.2) is 24.7 Å². The van der Waals surface area contributed by atoms with Crippen molar-refractivity contribution < 1.29 is 9.53 Å². The van der Waals surface area contributed by atoms with E-state index < -0.39 is 0 Å². The first-order chi connectivity index (χ1) is 10.1. The number of amides is 1. The number of halogens is 1. The Morgan fingerprint density at radius 3 is 3.05 bits per heavy atom. The molecule has 112 valence electrons. The van der Waals surface area contributed by atoms with E-state index in [0.717, 1.165) is 29.5 Å². The summed E-state index contributed by atoms with van der Waals surface area (Å²) in [6.45, 7) is 2.73. The number of thiophene rings is 1. The molecule has 2 aromatic rings. The fraction of sp³-hybridized carbons (Fsp3) is 0.400. The average Bonchev–Trinajstić information content (AvgIpc) is 3.07. The number of hydrogen-bond acceptors (Lipinski definition) is 4. The van der Waals surface area contributed by atoms with Crippen molar-refractivity contribution in [2.45, 2.75) is 31.9 Å². The van der Waals surface area contributed by atoms with E-state index in [-0.39, 0.29) is 18.1 Å². The van der Waals surface area contributed by atoms with Gasteiger partial charge in [-0.25, -0.2) is 0 Å². The Balaban J connectivity index is 1.84. The molecule has 3 rings (SSSR count). The summed E-state index contributed by atoms with van der Waals surface area (Å²) in [5.74, 6) is -0.159. The van der Waals surface area contributed by atoms with Crippen LogP contribution in [0.2, 0.25) is 5.02 Å². The molecule has 1 saturated heterocycles. The Labute approximate surface area is 132 Å². The molecule has 2 heterocycles. The topological polar surface area (TPSA) is 64.4 Å². The maximum Gasteiger partial charge on any atom is 0.263 e. The smallest absolute Gasteiger partial charge is 0.263 e. The van der Waals surface area contributed by atoms with Gasteiger partial charge in [-0.15, -0.1) is 11.3 Å². The van der Waals surface area contributed by atoms with Crippen LogP contribution in [-0.2, 0) is 4.74 Å². The largest absolute Gasteiger partial charge is 0.397 e. The van der Waals surface area contributed by atoms with Gasteiger partial charge in [-0.1, -0.05) is 17.7 Å². The fourth-order valence-electron chi connectivity index (χ4n) is 2.66. The molecular formula is C15H17ClN2O2S. The number of nitrogens with two attached hydrogens (primary N) is 1. The summed E-state index contributed by atoms with van der Waals surface area (Å²) in [4.78, 5) is 13.0. The number of benzene rings is 1. The molecular weight excluding hydrogens is 308 g/mol. The lowest BCUT2D eigenvalue weighted by atomic mass is 10.1. The number of ether oxygens (including phenoxy) is 1. The van der Waals surface area contributed by atoms with Crippen LogP contribution in [0.1, 0.15) is 29.4 Å². The van der Waals surface area contributed by atoms with Crippen LogP contribution in [0.25, 0.3) is 10.1 Å². The van der Waals surface area contributed by atoms with Gasteiger partial charge in [0.2, 0.25) is 0 Å². The van der Waals surface area contributed by atoms with Crippen molar-refractivity contribution in [3.63, 3.8) is 0 Å². The third-order valence-electron chi connectivity index (χ3n) is 3.79. The molecule has 1 fully saturated rings. The van der Waals surface area contributed by atoms with Crippen molar-refractivity contribution >= 4 is 44.6 Å². The molecule has 0 saturated carbocycles.